The number of benzene rings is 1. The second kappa shape index (κ2) is 7.17. The van der Waals surface area contributed by atoms with Crippen molar-refractivity contribution in [3.05, 3.63) is 65.2 Å². The molecule has 2 aromatic rings. The molecule has 0 saturated carbocycles. The van der Waals surface area contributed by atoms with Crippen LogP contribution in [-0.2, 0) is 6.54 Å². The molecule has 0 radical (unpaired) electrons. The molecule has 0 bridgehead atoms. The molecule has 0 unspecified atom stereocenters. The van der Waals surface area contributed by atoms with E-state index in [-0.39, 0.29) is 5.56 Å². The standard InChI is InChI=1S/C16H14FN3O/c17-15-11-19-8-6-14(15)16(21)20-10-13-4-1-3-12(9-13)5-2-7-18/h1,3-4,6,8-9,11H,7,10,18H2,(H,20,21). The van der Waals surface area contributed by atoms with Crippen LogP contribution in [-0.4, -0.2) is 17.4 Å². The fraction of sp³-hybridized carbons (Fsp3) is 0.125. The van der Waals surface area contributed by atoms with Gasteiger partial charge in [0.1, 0.15) is 0 Å². The zero-order valence-corrected chi connectivity index (χ0v) is 11.3. The number of nitrogens with zero attached hydrogens (tertiary/aromatic N) is 1. The summed E-state index contributed by atoms with van der Waals surface area (Å²) < 4.78 is 13.4. The van der Waals surface area contributed by atoms with Crippen LogP contribution in [0.5, 0.6) is 0 Å². The van der Waals surface area contributed by atoms with Crippen molar-refractivity contribution in [3.63, 3.8) is 0 Å². The molecule has 0 aliphatic carbocycles. The highest BCUT2D eigenvalue weighted by atomic mass is 19.1. The van der Waals surface area contributed by atoms with Gasteiger partial charge in [-0.2, -0.15) is 0 Å². The lowest BCUT2D eigenvalue weighted by molar-refractivity contribution is 0.0946. The Hall–Kier alpha value is -2.71. The van der Waals surface area contributed by atoms with Crippen LogP contribution in [0.4, 0.5) is 4.39 Å². The molecule has 3 N–H and O–H groups in total. The Morgan fingerprint density at radius 1 is 1.38 bits per heavy atom. The number of rotatable bonds is 3. The summed E-state index contributed by atoms with van der Waals surface area (Å²) in [7, 11) is 0. The Kier molecular flexibility index (Phi) is 5.02. The van der Waals surface area contributed by atoms with Crippen LogP contribution in [0.15, 0.2) is 42.7 Å². The molecule has 0 saturated heterocycles. The third-order valence-electron chi connectivity index (χ3n) is 2.73. The van der Waals surface area contributed by atoms with Crippen LogP contribution in [0, 0.1) is 17.7 Å². The highest BCUT2D eigenvalue weighted by molar-refractivity contribution is 5.94. The minimum atomic E-state index is -0.641. The predicted molar refractivity (Wildman–Crippen MR) is 77.7 cm³/mol. The van der Waals surface area contributed by atoms with E-state index in [1.807, 2.05) is 24.3 Å². The van der Waals surface area contributed by atoms with Crippen molar-refractivity contribution in [2.75, 3.05) is 6.54 Å². The first-order valence-electron chi connectivity index (χ1n) is 6.36. The van der Waals surface area contributed by atoms with Crippen molar-refractivity contribution in [2.45, 2.75) is 6.54 Å². The highest BCUT2D eigenvalue weighted by Crippen LogP contribution is 2.07. The van der Waals surface area contributed by atoms with E-state index in [0.29, 0.717) is 13.1 Å². The fourth-order valence-electron chi connectivity index (χ4n) is 1.75. The summed E-state index contributed by atoms with van der Waals surface area (Å²) in [5, 5.41) is 2.66. The molecule has 0 aliphatic heterocycles. The number of nitrogens with two attached hydrogens (primary N) is 1. The number of hydrogen-bond donors (Lipinski definition) is 2. The zero-order chi connectivity index (χ0) is 15.1. The molecule has 21 heavy (non-hydrogen) atoms. The van der Waals surface area contributed by atoms with Gasteiger partial charge in [0.25, 0.3) is 5.91 Å². The van der Waals surface area contributed by atoms with Crippen molar-refractivity contribution in [2.24, 2.45) is 5.73 Å². The van der Waals surface area contributed by atoms with Gasteiger partial charge < -0.3 is 11.1 Å². The number of aromatic nitrogens is 1. The normalized spacial score (nSPS) is 9.62. The van der Waals surface area contributed by atoms with Crippen LogP contribution < -0.4 is 11.1 Å². The lowest BCUT2D eigenvalue weighted by atomic mass is 10.1. The lowest BCUT2D eigenvalue weighted by Crippen LogP contribution is -2.23. The van der Waals surface area contributed by atoms with Gasteiger partial charge in [0.05, 0.1) is 18.3 Å². The van der Waals surface area contributed by atoms with E-state index in [1.165, 1.54) is 12.3 Å². The molecule has 106 valence electrons. The van der Waals surface area contributed by atoms with Crippen molar-refractivity contribution in [3.8, 4) is 11.8 Å². The van der Waals surface area contributed by atoms with Gasteiger partial charge in [0.2, 0.25) is 0 Å². The smallest absolute Gasteiger partial charge is 0.254 e. The van der Waals surface area contributed by atoms with Gasteiger partial charge in [-0.25, -0.2) is 4.39 Å². The molecule has 1 amide bonds. The molecular formula is C16H14FN3O. The zero-order valence-electron chi connectivity index (χ0n) is 11.3. The minimum absolute atomic E-state index is 0.0240. The van der Waals surface area contributed by atoms with Gasteiger partial charge in [0.15, 0.2) is 5.82 Å². The molecule has 2 rings (SSSR count). The number of pyridine rings is 1. The second-order valence-electron chi connectivity index (χ2n) is 4.24. The molecule has 0 atom stereocenters. The van der Waals surface area contributed by atoms with E-state index in [2.05, 4.69) is 22.1 Å². The summed E-state index contributed by atoms with van der Waals surface area (Å²) in [6, 6.07) is 8.75. The summed E-state index contributed by atoms with van der Waals surface area (Å²) in [5.74, 6) is 4.56. The number of hydrogen-bond acceptors (Lipinski definition) is 3. The Bertz CT molecular complexity index is 704. The number of amides is 1. The van der Waals surface area contributed by atoms with E-state index in [9.17, 15) is 9.18 Å². The van der Waals surface area contributed by atoms with Crippen molar-refractivity contribution >= 4 is 5.91 Å². The quantitative estimate of drug-likeness (QED) is 0.838. The molecule has 0 fully saturated rings. The average molecular weight is 283 g/mol. The van der Waals surface area contributed by atoms with E-state index >= 15 is 0 Å². The van der Waals surface area contributed by atoms with Crippen LogP contribution in [0.2, 0.25) is 0 Å². The number of carbonyl (C=O) groups is 1. The number of carbonyl (C=O) groups excluding carboxylic acids is 1. The van der Waals surface area contributed by atoms with Crippen molar-refractivity contribution < 1.29 is 9.18 Å². The first-order valence-corrected chi connectivity index (χ1v) is 6.36. The first kappa shape index (κ1) is 14.7. The predicted octanol–water partition coefficient (Wildman–Crippen LogP) is 1.46. The molecule has 1 heterocycles. The van der Waals surface area contributed by atoms with Crippen LogP contribution in [0.25, 0.3) is 0 Å². The maximum atomic E-state index is 13.4. The molecule has 1 aromatic carbocycles. The van der Waals surface area contributed by atoms with Crippen molar-refractivity contribution in [1.29, 1.82) is 0 Å². The van der Waals surface area contributed by atoms with Gasteiger partial charge in [-0.05, 0) is 23.8 Å². The van der Waals surface area contributed by atoms with E-state index in [4.69, 9.17) is 5.73 Å². The van der Waals surface area contributed by atoms with E-state index < -0.39 is 11.7 Å². The van der Waals surface area contributed by atoms with Gasteiger partial charge in [-0.3, -0.25) is 9.78 Å². The monoisotopic (exact) mass is 283 g/mol. The van der Waals surface area contributed by atoms with Gasteiger partial charge in [0, 0.05) is 18.3 Å². The molecule has 5 heteroatoms. The van der Waals surface area contributed by atoms with Crippen LogP contribution in [0.3, 0.4) is 0 Å². The number of nitrogens with one attached hydrogen (secondary N) is 1. The topological polar surface area (TPSA) is 68.0 Å². The molecule has 0 spiro atoms. The molecule has 0 aliphatic rings. The minimum Gasteiger partial charge on any atom is -0.348 e. The van der Waals surface area contributed by atoms with E-state index in [1.54, 1.807) is 0 Å². The fourth-order valence-corrected chi connectivity index (χ4v) is 1.75. The Morgan fingerprint density at radius 3 is 3.00 bits per heavy atom. The maximum Gasteiger partial charge on any atom is 0.254 e. The Morgan fingerprint density at radius 2 is 2.24 bits per heavy atom. The highest BCUT2D eigenvalue weighted by Gasteiger charge is 2.10. The Labute approximate surface area is 122 Å². The lowest BCUT2D eigenvalue weighted by Gasteiger charge is -2.06. The number of halogens is 1. The van der Waals surface area contributed by atoms with E-state index in [0.717, 1.165) is 17.3 Å². The first-order chi connectivity index (χ1) is 10.2. The van der Waals surface area contributed by atoms with Gasteiger partial charge >= 0.3 is 0 Å². The third kappa shape index (κ3) is 4.13. The largest absolute Gasteiger partial charge is 0.348 e. The molecule has 1 aromatic heterocycles. The second-order valence-corrected chi connectivity index (χ2v) is 4.24. The molecular weight excluding hydrogens is 269 g/mol. The van der Waals surface area contributed by atoms with Crippen molar-refractivity contribution in [1.82, 2.24) is 10.3 Å². The Balaban J connectivity index is 2.03. The summed E-state index contributed by atoms with van der Waals surface area (Å²) in [4.78, 5) is 15.5. The summed E-state index contributed by atoms with van der Waals surface area (Å²) in [5.41, 5.74) is 6.99. The van der Waals surface area contributed by atoms with Crippen LogP contribution >= 0.6 is 0 Å². The SMILES string of the molecule is NCC#Cc1cccc(CNC(=O)c2ccncc2F)c1. The molecule has 4 nitrogen and oxygen atoms in total. The summed E-state index contributed by atoms with van der Waals surface area (Å²) >= 11 is 0. The van der Waals surface area contributed by atoms with Gasteiger partial charge in [-0.1, -0.05) is 24.0 Å². The third-order valence-corrected chi connectivity index (χ3v) is 2.73. The maximum absolute atomic E-state index is 13.4. The van der Waals surface area contributed by atoms with Crippen LogP contribution in [0.1, 0.15) is 21.5 Å². The average Bonchev–Trinajstić information content (AvgIpc) is 2.51. The summed E-state index contributed by atoms with van der Waals surface area (Å²) in [6.45, 7) is 0.584. The van der Waals surface area contributed by atoms with Gasteiger partial charge in [-0.15, -0.1) is 0 Å². The summed E-state index contributed by atoms with van der Waals surface area (Å²) in [6.07, 6.45) is 2.39.